The van der Waals surface area contributed by atoms with Gasteiger partial charge in [0.2, 0.25) is 0 Å². The van der Waals surface area contributed by atoms with Gasteiger partial charge in [0.15, 0.2) is 0 Å². The van der Waals surface area contributed by atoms with Crippen molar-refractivity contribution in [3.63, 3.8) is 0 Å². The molecule has 2 heterocycles. The first-order valence-electron chi connectivity index (χ1n) is 7.14. The molecule has 0 unspecified atom stereocenters. The van der Waals surface area contributed by atoms with Crippen molar-refractivity contribution in [3.05, 3.63) is 21.4 Å². The predicted molar refractivity (Wildman–Crippen MR) is 79.3 cm³/mol. The van der Waals surface area contributed by atoms with Gasteiger partial charge in [-0.1, -0.05) is 13.3 Å². The van der Waals surface area contributed by atoms with E-state index in [0.717, 1.165) is 24.1 Å². The van der Waals surface area contributed by atoms with E-state index in [9.17, 15) is 9.59 Å². The number of amides is 1. The van der Waals surface area contributed by atoms with Crippen molar-refractivity contribution in [1.82, 2.24) is 4.90 Å². The zero-order valence-electron chi connectivity index (χ0n) is 12.0. The number of carbonyl (C=O) groups excluding carboxylic acids is 1. The average molecular weight is 295 g/mol. The van der Waals surface area contributed by atoms with Gasteiger partial charge < -0.3 is 10.0 Å². The van der Waals surface area contributed by atoms with Crippen molar-refractivity contribution < 1.29 is 14.7 Å². The summed E-state index contributed by atoms with van der Waals surface area (Å²) in [6.07, 6.45) is 3.50. The van der Waals surface area contributed by atoms with Crippen LogP contribution in [0.3, 0.4) is 0 Å². The number of carboxylic acid groups (broad SMARTS) is 1. The lowest BCUT2D eigenvalue weighted by atomic mass is 9.98. The molecular formula is C15H21NO3S. The van der Waals surface area contributed by atoms with Gasteiger partial charge in [-0.2, -0.15) is 0 Å². The largest absolute Gasteiger partial charge is 0.481 e. The number of piperidine rings is 1. The maximum Gasteiger partial charge on any atom is 0.308 e. The van der Waals surface area contributed by atoms with Crippen LogP contribution in [0.15, 0.2) is 6.07 Å². The second kappa shape index (κ2) is 6.39. The van der Waals surface area contributed by atoms with Crippen molar-refractivity contribution in [2.24, 2.45) is 5.92 Å². The third kappa shape index (κ3) is 3.20. The molecule has 1 aliphatic heterocycles. The summed E-state index contributed by atoms with van der Waals surface area (Å²) in [6.45, 7) is 5.18. The minimum Gasteiger partial charge on any atom is -0.481 e. The third-order valence-electron chi connectivity index (χ3n) is 3.81. The van der Waals surface area contributed by atoms with Crippen LogP contribution in [-0.4, -0.2) is 35.0 Å². The lowest BCUT2D eigenvalue weighted by Gasteiger charge is -2.30. The van der Waals surface area contributed by atoms with E-state index in [1.165, 1.54) is 21.8 Å². The summed E-state index contributed by atoms with van der Waals surface area (Å²) in [6, 6.07) is 1.98. The van der Waals surface area contributed by atoms with E-state index in [-0.39, 0.29) is 5.91 Å². The van der Waals surface area contributed by atoms with Crippen LogP contribution in [0.1, 0.15) is 46.3 Å². The monoisotopic (exact) mass is 295 g/mol. The minimum absolute atomic E-state index is 0.00796. The molecular weight excluding hydrogens is 274 g/mol. The predicted octanol–water partition coefficient (Wildman–Crippen LogP) is 2.95. The number of nitrogens with zero attached hydrogens (tertiary/aromatic N) is 1. The number of carbonyl (C=O) groups is 2. The first-order chi connectivity index (χ1) is 9.52. The van der Waals surface area contributed by atoms with Gasteiger partial charge in [0.05, 0.1) is 10.8 Å². The Morgan fingerprint density at radius 1 is 1.50 bits per heavy atom. The first kappa shape index (κ1) is 15.0. The maximum absolute atomic E-state index is 12.5. The Bertz CT molecular complexity index is 509. The highest BCUT2D eigenvalue weighted by Crippen LogP contribution is 2.26. The number of aliphatic carboxylic acids is 1. The third-order valence-corrected chi connectivity index (χ3v) is 4.89. The molecule has 1 aromatic heterocycles. The van der Waals surface area contributed by atoms with Gasteiger partial charge in [-0.15, -0.1) is 11.3 Å². The van der Waals surface area contributed by atoms with Crippen LogP contribution in [-0.2, 0) is 11.2 Å². The van der Waals surface area contributed by atoms with Crippen molar-refractivity contribution in [3.8, 4) is 0 Å². The van der Waals surface area contributed by atoms with Crippen molar-refractivity contribution >= 4 is 23.2 Å². The van der Waals surface area contributed by atoms with E-state index in [2.05, 4.69) is 6.92 Å². The fourth-order valence-electron chi connectivity index (χ4n) is 2.66. The number of carboxylic acids is 1. The number of likely N-dealkylation sites (tertiary alicyclic amines) is 1. The molecule has 20 heavy (non-hydrogen) atoms. The van der Waals surface area contributed by atoms with Crippen LogP contribution in [0, 0.1) is 12.8 Å². The Hall–Kier alpha value is -1.36. The Kier molecular flexibility index (Phi) is 4.81. The summed E-state index contributed by atoms with van der Waals surface area (Å²) in [7, 11) is 0. The summed E-state index contributed by atoms with van der Waals surface area (Å²) < 4.78 is 0. The molecule has 1 aromatic rings. The topological polar surface area (TPSA) is 57.6 Å². The molecule has 0 spiro atoms. The molecule has 4 nitrogen and oxygen atoms in total. The molecule has 0 saturated carbocycles. The van der Waals surface area contributed by atoms with Gasteiger partial charge >= 0.3 is 5.97 Å². The highest BCUT2D eigenvalue weighted by Gasteiger charge is 2.29. The number of hydrogen-bond donors (Lipinski definition) is 1. The Balaban J connectivity index is 2.10. The molecule has 0 bridgehead atoms. The molecule has 5 heteroatoms. The van der Waals surface area contributed by atoms with Crippen molar-refractivity contribution in [1.29, 1.82) is 0 Å². The van der Waals surface area contributed by atoms with E-state index < -0.39 is 11.9 Å². The maximum atomic E-state index is 12.5. The van der Waals surface area contributed by atoms with Crippen LogP contribution < -0.4 is 0 Å². The molecule has 0 radical (unpaired) electrons. The second-order valence-corrected chi connectivity index (χ2v) is 6.63. The molecule has 0 aromatic carbocycles. The van der Waals surface area contributed by atoms with E-state index in [1.807, 2.05) is 13.0 Å². The summed E-state index contributed by atoms with van der Waals surface area (Å²) in [4.78, 5) is 27.2. The number of thiophene rings is 1. The molecule has 2 rings (SSSR count). The van der Waals surface area contributed by atoms with Crippen molar-refractivity contribution in [2.75, 3.05) is 13.1 Å². The van der Waals surface area contributed by atoms with Gasteiger partial charge in [0, 0.05) is 18.0 Å². The van der Waals surface area contributed by atoms with E-state index in [0.29, 0.717) is 19.5 Å². The van der Waals surface area contributed by atoms with Crippen LogP contribution in [0.4, 0.5) is 0 Å². The summed E-state index contributed by atoms with van der Waals surface area (Å²) in [5, 5.41) is 9.09. The summed E-state index contributed by atoms with van der Waals surface area (Å²) in [5.41, 5.74) is 1.24. The Morgan fingerprint density at radius 3 is 2.90 bits per heavy atom. The number of rotatable bonds is 4. The minimum atomic E-state index is -0.795. The SMILES string of the molecule is CCCc1cc(C(=O)N2CCC[C@H](C(=O)O)C2)sc1C. The number of aryl methyl sites for hydroxylation is 2. The van der Waals surface area contributed by atoms with Gasteiger partial charge in [0.1, 0.15) is 0 Å². The summed E-state index contributed by atoms with van der Waals surface area (Å²) >= 11 is 1.53. The van der Waals surface area contributed by atoms with Crippen LogP contribution in [0.2, 0.25) is 0 Å². The van der Waals surface area contributed by atoms with E-state index >= 15 is 0 Å². The van der Waals surface area contributed by atoms with Gasteiger partial charge in [-0.05, 0) is 37.8 Å². The van der Waals surface area contributed by atoms with E-state index in [4.69, 9.17) is 5.11 Å². The summed E-state index contributed by atoms with van der Waals surface area (Å²) in [5.74, 6) is -1.22. The molecule has 0 aliphatic carbocycles. The zero-order chi connectivity index (χ0) is 14.7. The molecule has 1 N–H and O–H groups in total. The zero-order valence-corrected chi connectivity index (χ0v) is 12.8. The van der Waals surface area contributed by atoms with Crippen LogP contribution in [0.25, 0.3) is 0 Å². The lowest BCUT2D eigenvalue weighted by Crippen LogP contribution is -2.42. The highest BCUT2D eigenvalue weighted by atomic mass is 32.1. The molecule has 1 atom stereocenters. The van der Waals surface area contributed by atoms with Crippen molar-refractivity contribution in [2.45, 2.75) is 39.5 Å². The lowest BCUT2D eigenvalue weighted by molar-refractivity contribution is -0.143. The smallest absolute Gasteiger partial charge is 0.308 e. The van der Waals surface area contributed by atoms with Gasteiger partial charge in [-0.3, -0.25) is 9.59 Å². The fraction of sp³-hybridized carbons (Fsp3) is 0.600. The molecule has 110 valence electrons. The van der Waals surface area contributed by atoms with Gasteiger partial charge in [-0.25, -0.2) is 0 Å². The first-order valence-corrected chi connectivity index (χ1v) is 7.96. The fourth-order valence-corrected chi connectivity index (χ4v) is 3.70. The standard InChI is InChI=1S/C15H21NO3S/c1-3-5-11-8-13(20-10(11)2)14(17)16-7-4-6-12(9-16)15(18)19/h8,12H,3-7,9H2,1-2H3,(H,18,19)/t12-/m0/s1. The molecule has 1 saturated heterocycles. The molecule has 1 amide bonds. The normalized spacial score (nSPS) is 19.1. The Labute approximate surface area is 123 Å². The van der Waals surface area contributed by atoms with Crippen LogP contribution in [0.5, 0.6) is 0 Å². The van der Waals surface area contributed by atoms with Gasteiger partial charge in [0.25, 0.3) is 5.91 Å². The van der Waals surface area contributed by atoms with E-state index in [1.54, 1.807) is 4.90 Å². The molecule has 1 fully saturated rings. The molecule has 1 aliphatic rings. The number of hydrogen-bond acceptors (Lipinski definition) is 3. The Morgan fingerprint density at radius 2 is 2.25 bits per heavy atom. The van der Waals surface area contributed by atoms with Crippen LogP contribution >= 0.6 is 11.3 Å². The highest BCUT2D eigenvalue weighted by molar-refractivity contribution is 7.14. The second-order valence-electron chi connectivity index (χ2n) is 5.37. The quantitative estimate of drug-likeness (QED) is 0.929. The average Bonchev–Trinajstić information content (AvgIpc) is 2.80.